The summed E-state index contributed by atoms with van der Waals surface area (Å²) >= 11 is 0. The number of halogens is 1. The van der Waals surface area contributed by atoms with Crippen molar-refractivity contribution in [3.8, 4) is 0 Å². The molecule has 2 aromatic rings. The van der Waals surface area contributed by atoms with Crippen molar-refractivity contribution in [3.63, 3.8) is 0 Å². The van der Waals surface area contributed by atoms with Crippen molar-refractivity contribution in [2.24, 2.45) is 5.92 Å². The summed E-state index contributed by atoms with van der Waals surface area (Å²) in [7, 11) is 0. The second-order valence-electron chi connectivity index (χ2n) is 6.67. The van der Waals surface area contributed by atoms with Gasteiger partial charge in [0.05, 0.1) is 0 Å². The van der Waals surface area contributed by atoms with Crippen LogP contribution in [0.5, 0.6) is 0 Å². The predicted octanol–water partition coefficient (Wildman–Crippen LogP) is 3.16. The standard InChI is InChI=1S/C18H22FN3O/c19-17(14-6-8-20-9-7-14)18-21-16(22-23-18)11-12-4-5-13-2-1-3-15(13)10-12/h4-5,10,14,17,20H,1-3,6-9,11H2. The second-order valence-corrected chi connectivity index (χ2v) is 6.67. The third kappa shape index (κ3) is 3.15. The molecular weight excluding hydrogens is 293 g/mol. The van der Waals surface area contributed by atoms with E-state index in [9.17, 15) is 4.39 Å². The summed E-state index contributed by atoms with van der Waals surface area (Å²) in [5.41, 5.74) is 4.07. The van der Waals surface area contributed by atoms with Crippen LogP contribution in [-0.4, -0.2) is 23.2 Å². The molecule has 1 atom stereocenters. The number of aromatic nitrogens is 2. The minimum atomic E-state index is -1.14. The summed E-state index contributed by atoms with van der Waals surface area (Å²) < 4.78 is 19.7. The Bertz CT molecular complexity index is 679. The maximum absolute atomic E-state index is 14.5. The minimum Gasteiger partial charge on any atom is -0.336 e. The fourth-order valence-corrected chi connectivity index (χ4v) is 3.71. The summed E-state index contributed by atoms with van der Waals surface area (Å²) in [6.07, 6.45) is 4.69. The van der Waals surface area contributed by atoms with Crippen LogP contribution in [0.3, 0.4) is 0 Å². The van der Waals surface area contributed by atoms with Crippen LogP contribution in [0.1, 0.15) is 53.8 Å². The fourth-order valence-electron chi connectivity index (χ4n) is 3.71. The number of alkyl halides is 1. The van der Waals surface area contributed by atoms with Crippen molar-refractivity contribution >= 4 is 0 Å². The quantitative estimate of drug-likeness (QED) is 0.941. The van der Waals surface area contributed by atoms with Crippen molar-refractivity contribution in [2.75, 3.05) is 13.1 Å². The molecule has 5 heteroatoms. The van der Waals surface area contributed by atoms with Crippen molar-refractivity contribution in [1.29, 1.82) is 0 Å². The van der Waals surface area contributed by atoms with Gasteiger partial charge < -0.3 is 9.84 Å². The predicted molar refractivity (Wildman–Crippen MR) is 85.0 cm³/mol. The van der Waals surface area contributed by atoms with Gasteiger partial charge in [-0.2, -0.15) is 4.98 Å². The molecule has 2 aliphatic rings. The lowest BCUT2D eigenvalue weighted by atomic mass is 9.93. The first-order valence-corrected chi connectivity index (χ1v) is 8.57. The molecule has 0 amide bonds. The zero-order chi connectivity index (χ0) is 15.6. The third-order valence-electron chi connectivity index (χ3n) is 5.04. The summed E-state index contributed by atoms with van der Waals surface area (Å²) in [6, 6.07) is 6.56. The van der Waals surface area contributed by atoms with Crippen LogP contribution in [-0.2, 0) is 19.3 Å². The molecule has 1 saturated heterocycles. The summed E-state index contributed by atoms with van der Waals surface area (Å²) in [4.78, 5) is 4.30. The molecule has 0 saturated carbocycles. The molecule has 1 aromatic carbocycles. The molecule has 2 heterocycles. The van der Waals surface area contributed by atoms with E-state index in [1.807, 2.05) is 0 Å². The summed E-state index contributed by atoms with van der Waals surface area (Å²) in [6.45, 7) is 1.72. The van der Waals surface area contributed by atoms with Crippen molar-refractivity contribution in [1.82, 2.24) is 15.5 Å². The first-order valence-electron chi connectivity index (χ1n) is 8.57. The van der Waals surface area contributed by atoms with E-state index in [1.54, 1.807) is 0 Å². The Labute approximate surface area is 135 Å². The number of aryl methyl sites for hydroxylation is 2. The molecular formula is C18H22FN3O. The molecule has 1 fully saturated rings. The fraction of sp³-hybridized carbons (Fsp3) is 0.556. The molecule has 1 aliphatic heterocycles. The number of nitrogens with one attached hydrogen (secondary N) is 1. The average molecular weight is 315 g/mol. The van der Waals surface area contributed by atoms with Crippen LogP contribution >= 0.6 is 0 Å². The molecule has 1 N–H and O–H groups in total. The molecule has 0 radical (unpaired) electrons. The van der Waals surface area contributed by atoms with Crippen LogP contribution in [0.2, 0.25) is 0 Å². The van der Waals surface area contributed by atoms with Crippen LogP contribution < -0.4 is 5.32 Å². The van der Waals surface area contributed by atoms with E-state index >= 15 is 0 Å². The van der Waals surface area contributed by atoms with Crippen molar-refractivity contribution < 1.29 is 8.91 Å². The van der Waals surface area contributed by atoms with E-state index < -0.39 is 6.17 Å². The van der Waals surface area contributed by atoms with Gasteiger partial charge in [0.15, 0.2) is 12.0 Å². The molecule has 1 aliphatic carbocycles. The van der Waals surface area contributed by atoms with E-state index in [0.29, 0.717) is 12.2 Å². The van der Waals surface area contributed by atoms with Crippen LogP contribution in [0.25, 0.3) is 0 Å². The van der Waals surface area contributed by atoms with E-state index in [0.717, 1.165) is 32.4 Å². The number of nitrogens with zero attached hydrogens (tertiary/aromatic N) is 2. The monoisotopic (exact) mass is 315 g/mol. The van der Waals surface area contributed by atoms with Crippen molar-refractivity contribution in [3.05, 3.63) is 46.6 Å². The molecule has 122 valence electrons. The van der Waals surface area contributed by atoms with E-state index in [-0.39, 0.29) is 11.8 Å². The first kappa shape index (κ1) is 14.8. The topological polar surface area (TPSA) is 51.0 Å². The zero-order valence-electron chi connectivity index (χ0n) is 13.2. The Kier molecular flexibility index (Phi) is 4.12. The summed E-state index contributed by atoms with van der Waals surface area (Å²) in [5, 5.41) is 7.23. The molecule has 23 heavy (non-hydrogen) atoms. The molecule has 0 bridgehead atoms. The average Bonchev–Trinajstić information content (AvgIpc) is 3.24. The lowest BCUT2D eigenvalue weighted by Gasteiger charge is -2.23. The number of benzene rings is 1. The van der Waals surface area contributed by atoms with Crippen LogP contribution in [0, 0.1) is 5.92 Å². The molecule has 0 spiro atoms. The highest BCUT2D eigenvalue weighted by Crippen LogP contribution is 2.31. The number of fused-ring (bicyclic) bond motifs is 1. The number of hydrogen-bond acceptors (Lipinski definition) is 4. The maximum atomic E-state index is 14.5. The lowest BCUT2D eigenvalue weighted by Crippen LogP contribution is -2.29. The normalized spacial score (nSPS) is 19.7. The number of piperidine rings is 1. The van der Waals surface area contributed by atoms with Gasteiger partial charge in [-0.1, -0.05) is 23.4 Å². The van der Waals surface area contributed by atoms with E-state index in [2.05, 4.69) is 33.7 Å². The number of rotatable bonds is 4. The van der Waals surface area contributed by atoms with E-state index in [1.165, 1.54) is 29.5 Å². The SMILES string of the molecule is FC(c1nc(Cc2ccc3c(c2)CCC3)no1)C1CCNCC1. The van der Waals surface area contributed by atoms with Crippen LogP contribution in [0.15, 0.2) is 22.7 Å². The highest BCUT2D eigenvalue weighted by molar-refractivity contribution is 5.36. The van der Waals surface area contributed by atoms with Gasteiger partial charge in [-0.3, -0.25) is 0 Å². The van der Waals surface area contributed by atoms with Gasteiger partial charge in [-0.05, 0) is 61.9 Å². The van der Waals surface area contributed by atoms with Gasteiger partial charge >= 0.3 is 0 Å². The highest BCUT2D eigenvalue weighted by atomic mass is 19.1. The smallest absolute Gasteiger partial charge is 0.261 e. The lowest BCUT2D eigenvalue weighted by molar-refractivity contribution is 0.147. The molecule has 4 nitrogen and oxygen atoms in total. The maximum Gasteiger partial charge on any atom is 0.261 e. The van der Waals surface area contributed by atoms with Gasteiger partial charge in [-0.15, -0.1) is 0 Å². The molecule has 4 rings (SSSR count). The largest absolute Gasteiger partial charge is 0.336 e. The zero-order valence-corrected chi connectivity index (χ0v) is 13.2. The van der Waals surface area contributed by atoms with Gasteiger partial charge in [0.25, 0.3) is 5.89 Å². The van der Waals surface area contributed by atoms with Crippen LogP contribution in [0.4, 0.5) is 4.39 Å². The van der Waals surface area contributed by atoms with Gasteiger partial charge in [0.1, 0.15) is 0 Å². The van der Waals surface area contributed by atoms with E-state index in [4.69, 9.17) is 4.52 Å². The number of hydrogen-bond donors (Lipinski definition) is 1. The Morgan fingerprint density at radius 2 is 2.04 bits per heavy atom. The molecule has 1 aromatic heterocycles. The van der Waals surface area contributed by atoms with Gasteiger partial charge in [0.2, 0.25) is 0 Å². The van der Waals surface area contributed by atoms with Crippen molar-refractivity contribution in [2.45, 2.75) is 44.7 Å². The van der Waals surface area contributed by atoms with Gasteiger partial charge in [-0.25, -0.2) is 4.39 Å². The minimum absolute atomic E-state index is 0.00968. The Balaban J connectivity index is 1.45. The Morgan fingerprint density at radius 1 is 1.22 bits per heavy atom. The second kappa shape index (κ2) is 6.40. The Hall–Kier alpha value is -1.75. The molecule has 1 unspecified atom stereocenters. The third-order valence-corrected chi connectivity index (χ3v) is 5.04. The summed E-state index contributed by atoms with van der Waals surface area (Å²) in [5.74, 6) is 0.715. The Morgan fingerprint density at radius 3 is 2.91 bits per heavy atom. The first-order chi connectivity index (χ1) is 11.3. The highest BCUT2D eigenvalue weighted by Gasteiger charge is 2.29. The van der Waals surface area contributed by atoms with Gasteiger partial charge in [0, 0.05) is 12.3 Å².